The molecular formula is C21H24ClFN4O3S2. The molecule has 1 aromatic carbocycles. The first-order valence-corrected chi connectivity index (χ1v) is 12.6. The van der Waals surface area contributed by atoms with E-state index >= 15 is 0 Å². The number of rotatable bonds is 7. The highest BCUT2D eigenvalue weighted by molar-refractivity contribution is 7.92. The molecule has 2 heterocycles. The summed E-state index contributed by atoms with van der Waals surface area (Å²) in [5.74, 6) is -0.730. The molecule has 0 saturated heterocycles. The summed E-state index contributed by atoms with van der Waals surface area (Å²) in [6.45, 7) is 8.46. The summed E-state index contributed by atoms with van der Waals surface area (Å²) < 4.78 is 43.6. The molecule has 3 aromatic rings. The topological polar surface area (TPSA) is 84.3 Å². The van der Waals surface area contributed by atoms with Crippen LogP contribution in [0.2, 0.25) is 5.02 Å². The van der Waals surface area contributed by atoms with Gasteiger partial charge in [0.2, 0.25) is 0 Å². The predicted molar refractivity (Wildman–Crippen MR) is 125 cm³/mol. The van der Waals surface area contributed by atoms with E-state index in [4.69, 9.17) is 11.6 Å². The van der Waals surface area contributed by atoms with E-state index in [0.29, 0.717) is 40.1 Å². The van der Waals surface area contributed by atoms with Crippen LogP contribution in [0.1, 0.15) is 34.9 Å². The van der Waals surface area contributed by atoms with Crippen molar-refractivity contribution in [2.45, 2.75) is 32.6 Å². The highest BCUT2D eigenvalue weighted by Gasteiger charge is 2.26. The maximum absolute atomic E-state index is 13.4. The Morgan fingerprint density at radius 2 is 1.91 bits per heavy atom. The summed E-state index contributed by atoms with van der Waals surface area (Å²) in [6.07, 6.45) is 0. The van der Waals surface area contributed by atoms with Crippen molar-refractivity contribution in [1.82, 2.24) is 14.5 Å². The van der Waals surface area contributed by atoms with Crippen LogP contribution in [-0.2, 0) is 17.1 Å². The maximum atomic E-state index is 13.4. The largest absolute Gasteiger partial charge is 0.345 e. The van der Waals surface area contributed by atoms with Crippen molar-refractivity contribution in [3.8, 4) is 10.7 Å². The van der Waals surface area contributed by atoms with E-state index in [9.17, 15) is 17.6 Å². The predicted octanol–water partition coefficient (Wildman–Crippen LogP) is 4.84. The van der Waals surface area contributed by atoms with Crippen molar-refractivity contribution in [2.75, 3.05) is 17.8 Å². The molecule has 3 rings (SSSR count). The van der Waals surface area contributed by atoms with Crippen LogP contribution in [-0.4, -0.2) is 41.9 Å². The summed E-state index contributed by atoms with van der Waals surface area (Å²) in [5, 5.41) is 0.370. The van der Waals surface area contributed by atoms with E-state index in [0.717, 1.165) is 6.07 Å². The van der Waals surface area contributed by atoms with Gasteiger partial charge in [-0.3, -0.25) is 9.52 Å². The smallest absolute Gasteiger partial charge is 0.265 e. The van der Waals surface area contributed by atoms with Gasteiger partial charge in [0.15, 0.2) is 0 Å². The zero-order valence-electron chi connectivity index (χ0n) is 18.4. The van der Waals surface area contributed by atoms with Gasteiger partial charge in [-0.2, -0.15) is 0 Å². The molecule has 0 spiro atoms. The van der Waals surface area contributed by atoms with Crippen LogP contribution in [0.25, 0.3) is 10.7 Å². The molecule has 0 fully saturated rings. The molecule has 0 aliphatic carbocycles. The van der Waals surface area contributed by atoms with Crippen LogP contribution in [0.4, 0.5) is 10.1 Å². The van der Waals surface area contributed by atoms with Gasteiger partial charge in [0.1, 0.15) is 20.6 Å². The second kappa shape index (κ2) is 9.21. The van der Waals surface area contributed by atoms with Crippen LogP contribution >= 0.6 is 22.9 Å². The fourth-order valence-electron chi connectivity index (χ4n) is 3.28. The van der Waals surface area contributed by atoms with E-state index in [2.05, 4.69) is 9.71 Å². The number of benzene rings is 1. The lowest BCUT2D eigenvalue weighted by Gasteiger charge is -2.17. The molecule has 11 heteroatoms. The van der Waals surface area contributed by atoms with Gasteiger partial charge in [0.25, 0.3) is 15.9 Å². The normalized spacial score (nSPS) is 11.6. The van der Waals surface area contributed by atoms with E-state index in [1.165, 1.54) is 29.5 Å². The molecule has 0 radical (unpaired) electrons. The fraction of sp³-hybridized carbons (Fsp3) is 0.333. The molecule has 0 aliphatic heterocycles. The van der Waals surface area contributed by atoms with Gasteiger partial charge in [-0.05, 0) is 52.0 Å². The Kier molecular flexibility index (Phi) is 6.97. The standard InChI is InChI=1S/C21H24ClFN4O3S2/c1-6-27(7-2)21(28)19-12(3)24-20(31-19)17-11-18(13(4)26(17)5)32(29,30)25-14-8-9-16(23)15(22)10-14/h8-11,25H,6-7H2,1-5H3. The lowest BCUT2D eigenvalue weighted by molar-refractivity contribution is 0.0777. The molecule has 172 valence electrons. The lowest BCUT2D eigenvalue weighted by atomic mass is 10.3. The number of halogens is 2. The highest BCUT2D eigenvalue weighted by atomic mass is 35.5. The minimum atomic E-state index is -3.97. The average Bonchev–Trinajstić information content (AvgIpc) is 3.26. The van der Waals surface area contributed by atoms with Crippen LogP contribution in [0.5, 0.6) is 0 Å². The zero-order valence-corrected chi connectivity index (χ0v) is 20.8. The quantitative estimate of drug-likeness (QED) is 0.505. The molecule has 1 N–H and O–H groups in total. The monoisotopic (exact) mass is 498 g/mol. The highest BCUT2D eigenvalue weighted by Crippen LogP contribution is 2.33. The van der Waals surface area contributed by atoms with Crippen molar-refractivity contribution in [3.05, 3.63) is 51.4 Å². The third-order valence-electron chi connectivity index (χ3n) is 5.21. The van der Waals surface area contributed by atoms with Crippen molar-refractivity contribution in [2.24, 2.45) is 7.05 Å². The second-order valence-corrected chi connectivity index (χ2v) is 10.2. The summed E-state index contributed by atoms with van der Waals surface area (Å²) in [5.41, 5.74) is 1.82. The molecule has 2 aromatic heterocycles. The van der Waals surface area contributed by atoms with Crippen LogP contribution in [0, 0.1) is 19.7 Å². The first kappa shape index (κ1) is 24.2. The SMILES string of the molecule is CCN(CC)C(=O)c1sc(-c2cc(S(=O)(=O)Nc3ccc(F)c(Cl)c3)c(C)n2C)nc1C. The fourth-order valence-corrected chi connectivity index (χ4v) is 5.88. The first-order chi connectivity index (χ1) is 15.0. The number of carbonyl (C=O) groups excluding carboxylic acids is 1. The lowest BCUT2D eigenvalue weighted by Crippen LogP contribution is -2.30. The number of amides is 1. The van der Waals surface area contributed by atoms with Gasteiger partial charge in [-0.15, -0.1) is 11.3 Å². The average molecular weight is 499 g/mol. The van der Waals surface area contributed by atoms with Crippen molar-refractivity contribution < 1.29 is 17.6 Å². The Labute approximate surface area is 195 Å². The van der Waals surface area contributed by atoms with Crippen molar-refractivity contribution in [3.63, 3.8) is 0 Å². The number of sulfonamides is 1. The van der Waals surface area contributed by atoms with E-state index in [-0.39, 0.29) is 21.5 Å². The van der Waals surface area contributed by atoms with Gasteiger partial charge < -0.3 is 9.47 Å². The molecule has 32 heavy (non-hydrogen) atoms. The van der Waals surface area contributed by atoms with E-state index in [1.807, 2.05) is 13.8 Å². The van der Waals surface area contributed by atoms with Crippen LogP contribution in [0.15, 0.2) is 29.2 Å². The minimum absolute atomic E-state index is 0.0555. The number of carbonyl (C=O) groups is 1. The summed E-state index contributed by atoms with van der Waals surface area (Å²) in [7, 11) is -2.24. The number of nitrogens with zero attached hydrogens (tertiary/aromatic N) is 3. The number of aromatic nitrogens is 2. The molecule has 0 unspecified atom stereocenters. The molecule has 0 saturated carbocycles. The van der Waals surface area contributed by atoms with Crippen LogP contribution < -0.4 is 4.72 Å². The third kappa shape index (κ3) is 4.53. The molecule has 1 amide bonds. The molecule has 0 atom stereocenters. The molecule has 0 bridgehead atoms. The van der Waals surface area contributed by atoms with Crippen LogP contribution in [0.3, 0.4) is 0 Å². The minimum Gasteiger partial charge on any atom is -0.345 e. The van der Waals surface area contributed by atoms with Gasteiger partial charge in [0, 0.05) is 25.8 Å². The molecular weight excluding hydrogens is 475 g/mol. The number of thiazole rings is 1. The van der Waals surface area contributed by atoms with Crippen molar-refractivity contribution in [1.29, 1.82) is 0 Å². The number of anilines is 1. The van der Waals surface area contributed by atoms with Gasteiger partial charge in [-0.1, -0.05) is 11.6 Å². The van der Waals surface area contributed by atoms with Gasteiger partial charge in [0.05, 0.1) is 22.1 Å². The van der Waals surface area contributed by atoms with E-state index < -0.39 is 15.8 Å². The van der Waals surface area contributed by atoms with Crippen molar-refractivity contribution >= 4 is 44.6 Å². The Balaban J connectivity index is 1.99. The summed E-state index contributed by atoms with van der Waals surface area (Å²) in [6, 6.07) is 5.12. The number of nitrogens with one attached hydrogen (secondary N) is 1. The number of hydrogen-bond acceptors (Lipinski definition) is 5. The molecule has 7 nitrogen and oxygen atoms in total. The Bertz CT molecular complexity index is 1280. The Morgan fingerprint density at radius 1 is 1.25 bits per heavy atom. The second-order valence-electron chi connectivity index (χ2n) is 7.18. The van der Waals surface area contributed by atoms with E-state index in [1.54, 1.807) is 30.4 Å². The number of hydrogen-bond donors (Lipinski definition) is 1. The Morgan fingerprint density at radius 3 is 2.50 bits per heavy atom. The third-order valence-corrected chi connectivity index (χ3v) is 8.17. The number of aryl methyl sites for hydroxylation is 1. The maximum Gasteiger partial charge on any atom is 0.265 e. The zero-order chi connectivity index (χ0) is 23.8. The summed E-state index contributed by atoms with van der Waals surface area (Å²) in [4.78, 5) is 19.6. The summed E-state index contributed by atoms with van der Waals surface area (Å²) >= 11 is 7.00. The van der Waals surface area contributed by atoms with Gasteiger partial charge >= 0.3 is 0 Å². The first-order valence-electron chi connectivity index (χ1n) is 9.91. The Hall–Kier alpha value is -2.43. The molecule has 0 aliphatic rings. The van der Waals surface area contributed by atoms with Gasteiger partial charge in [-0.25, -0.2) is 17.8 Å².